The van der Waals surface area contributed by atoms with Crippen molar-refractivity contribution in [2.45, 2.75) is 0 Å². The monoisotopic (exact) mass is 184 g/mol. The maximum Gasteiger partial charge on any atom is 0.322 e. The van der Waals surface area contributed by atoms with Gasteiger partial charge in [0.1, 0.15) is 6.54 Å². The van der Waals surface area contributed by atoms with E-state index < -0.39 is 18.4 Å². The summed E-state index contributed by atoms with van der Waals surface area (Å²) in [5.41, 5.74) is 5.53. The molecular weight excluding hydrogens is 176 g/mol. The molecule has 0 aliphatic heterocycles. The van der Waals surface area contributed by atoms with Crippen molar-refractivity contribution in [1.29, 1.82) is 0 Å². The van der Waals surface area contributed by atoms with Gasteiger partial charge in [-0.05, 0) is 0 Å². The zero-order chi connectivity index (χ0) is 9.84. The van der Waals surface area contributed by atoms with Crippen molar-refractivity contribution in [3.63, 3.8) is 0 Å². The van der Waals surface area contributed by atoms with E-state index in [1.165, 1.54) is 12.3 Å². The van der Waals surface area contributed by atoms with Crippen LogP contribution in [0.2, 0.25) is 0 Å². The first kappa shape index (κ1) is 9.11. The number of hydrogen-bond acceptors (Lipinski definition) is 4. The van der Waals surface area contributed by atoms with Crippen molar-refractivity contribution >= 4 is 17.6 Å². The van der Waals surface area contributed by atoms with Crippen LogP contribution in [-0.2, 0) is 4.79 Å². The first-order chi connectivity index (χ1) is 6.11. The number of carbonyl (C=O) groups excluding carboxylic acids is 1. The number of nitrogen functional groups attached to an aromatic ring is 1. The van der Waals surface area contributed by atoms with E-state index in [9.17, 15) is 9.59 Å². The van der Waals surface area contributed by atoms with Crippen LogP contribution in [0.25, 0.3) is 0 Å². The molecule has 4 N–H and O–H groups in total. The van der Waals surface area contributed by atoms with Crippen LogP contribution in [0.5, 0.6) is 0 Å². The maximum atomic E-state index is 11.1. The fourth-order valence-electron chi connectivity index (χ4n) is 0.740. The van der Waals surface area contributed by atoms with Gasteiger partial charge in [0.15, 0.2) is 0 Å². The molecule has 0 aromatic carbocycles. The van der Waals surface area contributed by atoms with Crippen LogP contribution in [0.4, 0.5) is 5.69 Å². The van der Waals surface area contributed by atoms with Gasteiger partial charge in [-0.15, -0.1) is 0 Å². The number of anilines is 1. The summed E-state index contributed by atoms with van der Waals surface area (Å²) in [7, 11) is 0. The van der Waals surface area contributed by atoms with Crippen LogP contribution in [0, 0.1) is 0 Å². The third kappa shape index (κ3) is 2.22. The topological polar surface area (TPSA) is 106 Å². The molecule has 13 heavy (non-hydrogen) atoms. The molecule has 0 fully saturated rings. The number of carboxylic acids is 1. The predicted molar refractivity (Wildman–Crippen MR) is 43.1 cm³/mol. The maximum absolute atomic E-state index is 11.1. The third-order valence-electron chi connectivity index (χ3n) is 1.30. The van der Waals surface area contributed by atoms with Crippen molar-refractivity contribution in [2.24, 2.45) is 0 Å². The Balaban J connectivity index is 2.59. The zero-order valence-electron chi connectivity index (χ0n) is 6.61. The van der Waals surface area contributed by atoms with Gasteiger partial charge < -0.3 is 20.6 Å². The molecule has 0 aliphatic carbocycles. The van der Waals surface area contributed by atoms with E-state index in [0.29, 0.717) is 0 Å². The van der Waals surface area contributed by atoms with E-state index in [4.69, 9.17) is 15.3 Å². The number of hydrogen-bond donors (Lipinski definition) is 3. The second-order valence-electron chi connectivity index (χ2n) is 2.28. The molecule has 1 aromatic rings. The third-order valence-corrected chi connectivity index (χ3v) is 1.30. The van der Waals surface area contributed by atoms with Crippen molar-refractivity contribution in [3.05, 3.63) is 18.1 Å². The van der Waals surface area contributed by atoms with Crippen LogP contribution in [0.3, 0.4) is 0 Å². The molecule has 6 heteroatoms. The second-order valence-corrected chi connectivity index (χ2v) is 2.28. The Morgan fingerprint density at radius 1 is 1.62 bits per heavy atom. The minimum atomic E-state index is -1.13. The smallest absolute Gasteiger partial charge is 0.322 e. The molecule has 0 spiro atoms. The number of nitrogens with two attached hydrogens (primary N) is 1. The Hall–Kier alpha value is -1.98. The fraction of sp³-hybridized carbons (Fsp3) is 0.143. The lowest BCUT2D eigenvalue weighted by atomic mass is 10.3. The van der Waals surface area contributed by atoms with Crippen LogP contribution in [-0.4, -0.2) is 23.5 Å². The minimum absolute atomic E-state index is 0.0683. The molecule has 0 aliphatic rings. The molecule has 0 bridgehead atoms. The standard InChI is InChI=1S/C7H8N2O4/c8-4-1-2-13-6(4)7(12)9-3-5(10)11/h1-2H,3,8H2,(H,9,12)(H,10,11). The predicted octanol–water partition coefficient (Wildman–Crippen LogP) is -0.324. The summed E-state index contributed by atoms with van der Waals surface area (Å²) in [4.78, 5) is 21.2. The highest BCUT2D eigenvalue weighted by Crippen LogP contribution is 2.11. The lowest BCUT2D eigenvalue weighted by molar-refractivity contribution is -0.135. The lowest BCUT2D eigenvalue weighted by Gasteiger charge is -1.98. The molecule has 1 aromatic heterocycles. The van der Waals surface area contributed by atoms with Crippen molar-refractivity contribution in [3.8, 4) is 0 Å². The summed E-state index contributed by atoms with van der Waals surface area (Å²) < 4.78 is 4.73. The summed E-state index contributed by atoms with van der Waals surface area (Å²) >= 11 is 0. The molecule has 0 saturated heterocycles. The number of amides is 1. The molecule has 0 radical (unpaired) electrons. The van der Waals surface area contributed by atoms with Gasteiger partial charge in [0.25, 0.3) is 5.91 Å². The molecule has 1 amide bonds. The number of nitrogens with one attached hydrogen (secondary N) is 1. The molecule has 1 rings (SSSR count). The van der Waals surface area contributed by atoms with Gasteiger partial charge in [0.05, 0.1) is 12.0 Å². The van der Waals surface area contributed by atoms with E-state index in [0.717, 1.165) is 0 Å². The van der Waals surface area contributed by atoms with E-state index in [1.807, 2.05) is 0 Å². The Bertz CT molecular complexity index is 331. The highest BCUT2D eigenvalue weighted by Gasteiger charge is 2.13. The lowest BCUT2D eigenvalue weighted by Crippen LogP contribution is -2.29. The largest absolute Gasteiger partial charge is 0.480 e. The minimum Gasteiger partial charge on any atom is -0.480 e. The van der Waals surface area contributed by atoms with Gasteiger partial charge in [-0.1, -0.05) is 0 Å². The van der Waals surface area contributed by atoms with Gasteiger partial charge in [-0.3, -0.25) is 9.59 Å². The molecule has 0 unspecified atom stereocenters. The number of carboxylic acid groups (broad SMARTS) is 1. The van der Waals surface area contributed by atoms with Crippen LogP contribution < -0.4 is 11.1 Å². The van der Waals surface area contributed by atoms with Crippen LogP contribution >= 0.6 is 0 Å². The molecule has 70 valence electrons. The van der Waals surface area contributed by atoms with E-state index in [2.05, 4.69) is 5.32 Å². The number of aliphatic carboxylic acids is 1. The zero-order valence-corrected chi connectivity index (χ0v) is 6.61. The average molecular weight is 184 g/mol. The summed E-state index contributed by atoms with van der Waals surface area (Å²) in [6.07, 6.45) is 1.25. The average Bonchev–Trinajstić information content (AvgIpc) is 2.47. The second kappa shape index (κ2) is 3.61. The van der Waals surface area contributed by atoms with Gasteiger partial charge in [-0.25, -0.2) is 0 Å². The highest BCUT2D eigenvalue weighted by atomic mass is 16.4. The molecular formula is C7H8N2O4. The van der Waals surface area contributed by atoms with Crippen LogP contribution in [0.15, 0.2) is 16.7 Å². The normalized spacial score (nSPS) is 9.54. The summed E-state index contributed by atoms with van der Waals surface area (Å²) in [6.45, 7) is -0.459. The van der Waals surface area contributed by atoms with Gasteiger partial charge >= 0.3 is 5.97 Å². The Morgan fingerprint density at radius 3 is 2.77 bits per heavy atom. The van der Waals surface area contributed by atoms with E-state index in [-0.39, 0.29) is 11.4 Å². The first-order valence-electron chi connectivity index (χ1n) is 3.44. The molecule has 0 atom stereocenters. The van der Waals surface area contributed by atoms with Gasteiger partial charge in [0, 0.05) is 6.07 Å². The number of rotatable bonds is 3. The van der Waals surface area contributed by atoms with Crippen molar-refractivity contribution in [1.82, 2.24) is 5.32 Å². The molecule has 1 heterocycles. The van der Waals surface area contributed by atoms with E-state index in [1.54, 1.807) is 0 Å². The number of carbonyl (C=O) groups is 2. The fourth-order valence-corrected chi connectivity index (χ4v) is 0.740. The highest BCUT2D eigenvalue weighted by molar-refractivity contribution is 5.97. The molecule has 0 saturated carbocycles. The SMILES string of the molecule is Nc1ccoc1C(=O)NCC(=O)O. The quantitative estimate of drug-likeness (QED) is 0.596. The molecule has 6 nitrogen and oxygen atoms in total. The summed E-state index contributed by atoms with van der Waals surface area (Å²) in [5, 5.41) is 10.4. The first-order valence-corrected chi connectivity index (χ1v) is 3.44. The van der Waals surface area contributed by atoms with Gasteiger partial charge in [-0.2, -0.15) is 0 Å². The van der Waals surface area contributed by atoms with Crippen molar-refractivity contribution in [2.75, 3.05) is 12.3 Å². The Morgan fingerprint density at radius 2 is 2.31 bits per heavy atom. The Labute approximate surface area is 73.3 Å². The number of furan rings is 1. The summed E-state index contributed by atoms with van der Waals surface area (Å²) in [6, 6.07) is 1.41. The van der Waals surface area contributed by atoms with Crippen molar-refractivity contribution < 1.29 is 19.1 Å². The van der Waals surface area contributed by atoms with E-state index >= 15 is 0 Å². The summed E-state index contributed by atoms with van der Waals surface area (Å²) in [5.74, 6) is -1.83. The Kier molecular flexibility index (Phi) is 2.53. The van der Waals surface area contributed by atoms with Crippen LogP contribution in [0.1, 0.15) is 10.6 Å². The van der Waals surface area contributed by atoms with Gasteiger partial charge in [0.2, 0.25) is 5.76 Å².